The number of hydrogen-bond donors (Lipinski definition) is 1. The SMILES string of the molecule is CC(Nc1ccc(N(C)C)cc1)c1cncc(F)c1. The average Bonchev–Trinajstić information content (AvgIpc) is 2.39. The van der Waals surface area contributed by atoms with E-state index in [-0.39, 0.29) is 11.9 Å². The summed E-state index contributed by atoms with van der Waals surface area (Å²) in [5, 5.41) is 3.33. The number of aromatic nitrogens is 1. The number of halogens is 1. The molecule has 0 fully saturated rings. The molecule has 0 aliphatic rings. The molecule has 4 heteroatoms. The Labute approximate surface area is 113 Å². The van der Waals surface area contributed by atoms with Crippen LogP contribution in [0.3, 0.4) is 0 Å². The Hall–Kier alpha value is -2.10. The van der Waals surface area contributed by atoms with Gasteiger partial charge in [0.1, 0.15) is 5.82 Å². The van der Waals surface area contributed by atoms with Gasteiger partial charge in [0.15, 0.2) is 0 Å². The van der Waals surface area contributed by atoms with Crippen molar-refractivity contribution in [3.63, 3.8) is 0 Å². The van der Waals surface area contributed by atoms with Gasteiger partial charge >= 0.3 is 0 Å². The van der Waals surface area contributed by atoms with Gasteiger partial charge in [0.05, 0.1) is 12.2 Å². The van der Waals surface area contributed by atoms with Crippen molar-refractivity contribution >= 4 is 11.4 Å². The van der Waals surface area contributed by atoms with E-state index in [2.05, 4.69) is 10.3 Å². The van der Waals surface area contributed by atoms with E-state index >= 15 is 0 Å². The second-order valence-corrected chi connectivity index (χ2v) is 4.74. The first-order valence-corrected chi connectivity index (χ1v) is 6.20. The number of pyridine rings is 1. The lowest BCUT2D eigenvalue weighted by molar-refractivity contribution is 0.616. The normalized spacial score (nSPS) is 12.0. The van der Waals surface area contributed by atoms with Crippen LogP contribution in [0.15, 0.2) is 42.7 Å². The van der Waals surface area contributed by atoms with Crippen molar-refractivity contribution in [2.45, 2.75) is 13.0 Å². The zero-order valence-corrected chi connectivity index (χ0v) is 11.4. The predicted molar refractivity (Wildman–Crippen MR) is 77.0 cm³/mol. The van der Waals surface area contributed by atoms with Crippen LogP contribution in [-0.2, 0) is 0 Å². The summed E-state index contributed by atoms with van der Waals surface area (Å²) in [5.74, 6) is -0.311. The third-order valence-corrected chi connectivity index (χ3v) is 2.99. The summed E-state index contributed by atoms with van der Waals surface area (Å²) in [6, 6.07) is 9.61. The molecule has 0 saturated heterocycles. The van der Waals surface area contributed by atoms with E-state index in [1.54, 1.807) is 6.20 Å². The molecule has 19 heavy (non-hydrogen) atoms. The van der Waals surface area contributed by atoms with E-state index in [0.717, 1.165) is 16.9 Å². The van der Waals surface area contributed by atoms with Crippen LogP contribution in [0, 0.1) is 5.82 Å². The Morgan fingerprint density at radius 3 is 2.42 bits per heavy atom. The highest BCUT2D eigenvalue weighted by atomic mass is 19.1. The highest BCUT2D eigenvalue weighted by molar-refractivity contribution is 5.55. The van der Waals surface area contributed by atoms with E-state index in [4.69, 9.17) is 0 Å². The standard InChI is InChI=1S/C15H18FN3/c1-11(12-8-13(16)10-17-9-12)18-14-4-6-15(7-5-14)19(2)3/h4-11,18H,1-3H3. The molecule has 2 rings (SSSR count). The first-order valence-electron chi connectivity index (χ1n) is 6.20. The summed E-state index contributed by atoms with van der Waals surface area (Å²) >= 11 is 0. The number of benzene rings is 1. The smallest absolute Gasteiger partial charge is 0.141 e. The Balaban J connectivity index is 2.08. The van der Waals surface area contributed by atoms with Crippen LogP contribution in [0.25, 0.3) is 0 Å². The minimum atomic E-state index is -0.311. The Morgan fingerprint density at radius 1 is 1.16 bits per heavy atom. The van der Waals surface area contributed by atoms with Crippen LogP contribution in [0.4, 0.5) is 15.8 Å². The van der Waals surface area contributed by atoms with Gasteiger partial charge in [0.25, 0.3) is 0 Å². The number of rotatable bonds is 4. The molecule has 3 nitrogen and oxygen atoms in total. The third kappa shape index (κ3) is 3.44. The molecule has 0 bridgehead atoms. The molecular weight excluding hydrogens is 241 g/mol. The number of hydrogen-bond acceptors (Lipinski definition) is 3. The molecule has 0 aliphatic carbocycles. The van der Waals surface area contributed by atoms with Crippen LogP contribution >= 0.6 is 0 Å². The van der Waals surface area contributed by atoms with Crippen LogP contribution in [0.1, 0.15) is 18.5 Å². The van der Waals surface area contributed by atoms with Crippen LogP contribution in [-0.4, -0.2) is 19.1 Å². The maximum absolute atomic E-state index is 13.1. The number of nitrogens with one attached hydrogen (secondary N) is 1. The first kappa shape index (κ1) is 13.3. The Kier molecular flexibility index (Phi) is 4.00. The van der Waals surface area contributed by atoms with Crippen LogP contribution in [0.5, 0.6) is 0 Å². The van der Waals surface area contributed by atoms with Crippen molar-refractivity contribution in [2.24, 2.45) is 0 Å². The highest BCUT2D eigenvalue weighted by Crippen LogP contribution is 2.21. The van der Waals surface area contributed by atoms with Gasteiger partial charge in [-0.3, -0.25) is 4.98 Å². The molecular formula is C15H18FN3. The second-order valence-electron chi connectivity index (χ2n) is 4.74. The predicted octanol–water partition coefficient (Wildman–Crippen LogP) is 3.46. The summed E-state index contributed by atoms with van der Waals surface area (Å²) in [5.41, 5.74) is 2.98. The van der Waals surface area contributed by atoms with Crippen LogP contribution in [0.2, 0.25) is 0 Å². The molecule has 1 heterocycles. The van der Waals surface area contributed by atoms with Gasteiger partial charge in [-0.15, -0.1) is 0 Å². The monoisotopic (exact) mass is 259 g/mol. The molecule has 1 atom stereocenters. The van der Waals surface area contributed by atoms with Gasteiger partial charge in [-0.2, -0.15) is 0 Å². The highest BCUT2D eigenvalue weighted by Gasteiger charge is 2.07. The fraction of sp³-hybridized carbons (Fsp3) is 0.267. The average molecular weight is 259 g/mol. The molecule has 0 saturated carbocycles. The fourth-order valence-corrected chi connectivity index (χ4v) is 1.85. The molecule has 1 aromatic carbocycles. The number of anilines is 2. The van der Waals surface area contributed by atoms with Gasteiger partial charge in [-0.05, 0) is 42.8 Å². The van der Waals surface area contributed by atoms with Crippen molar-refractivity contribution in [1.29, 1.82) is 0 Å². The van der Waals surface area contributed by atoms with Gasteiger partial charge in [-0.1, -0.05) is 0 Å². The van der Waals surface area contributed by atoms with Crippen molar-refractivity contribution in [3.05, 3.63) is 54.1 Å². The first-order chi connectivity index (χ1) is 9.06. The van der Waals surface area contributed by atoms with Crippen molar-refractivity contribution < 1.29 is 4.39 Å². The quantitative estimate of drug-likeness (QED) is 0.911. The minimum Gasteiger partial charge on any atom is -0.378 e. The largest absolute Gasteiger partial charge is 0.378 e. The lowest BCUT2D eigenvalue weighted by atomic mass is 10.1. The summed E-state index contributed by atoms with van der Waals surface area (Å²) in [4.78, 5) is 5.91. The van der Waals surface area contributed by atoms with Crippen molar-refractivity contribution in [1.82, 2.24) is 4.98 Å². The van der Waals surface area contributed by atoms with E-state index in [1.807, 2.05) is 50.2 Å². The molecule has 0 radical (unpaired) electrons. The van der Waals surface area contributed by atoms with Gasteiger partial charge in [0, 0.05) is 31.7 Å². The molecule has 0 aliphatic heterocycles. The summed E-state index contributed by atoms with van der Waals surface area (Å²) < 4.78 is 13.1. The summed E-state index contributed by atoms with van der Waals surface area (Å²) in [6.07, 6.45) is 2.89. The lowest BCUT2D eigenvalue weighted by Crippen LogP contribution is -2.09. The number of nitrogens with zero attached hydrogens (tertiary/aromatic N) is 2. The molecule has 2 aromatic rings. The minimum absolute atomic E-state index is 0.00778. The molecule has 1 N–H and O–H groups in total. The Morgan fingerprint density at radius 2 is 1.84 bits per heavy atom. The molecule has 0 spiro atoms. The fourth-order valence-electron chi connectivity index (χ4n) is 1.85. The lowest BCUT2D eigenvalue weighted by Gasteiger charge is -2.17. The summed E-state index contributed by atoms with van der Waals surface area (Å²) in [6.45, 7) is 1.98. The Bertz CT molecular complexity index is 537. The van der Waals surface area contributed by atoms with Crippen molar-refractivity contribution in [2.75, 3.05) is 24.3 Å². The maximum Gasteiger partial charge on any atom is 0.141 e. The van der Waals surface area contributed by atoms with E-state index in [0.29, 0.717) is 0 Å². The van der Waals surface area contributed by atoms with E-state index < -0.39 is 0 Å². The second kappa shape index (κ2) is 5.69. The van der Waals surface area contributed by atoms with Gasteiger partial charge < -0.3 is 10.2 Å². The zero-order valence-electron chi connectivity index (χ0n) is 11.4. The van der Waals surface area contributed by atoms with Crippen LogP contribution < -0.4 is 10.2 Å². The van der Waals surface area contributed by atoms with E-state index in [9.17, 15) is 4.39 Å². The molecule has 100 valence electrons. The topological polar surface area (TPSA) is 28.2 Å². The molecule has 0 amide bonds. The molecule has 1 aromatic heterocycles. The van der Waals surface area contributed by atoms with Gasteiger partial charge in [-0.25, -0.2) is 4.39 Å². The van der Waals surface area contributed by atoms with Crippen molar-refractivity contribution in [3.8, 4) is 0 Å². The zero-order chi connectivity index (χ0) is 13.8. The maximum atomic E-state index is 13.1. The third-order valence-electron chi connectivity index (χ3n) is 2.99. The molecule has 1 unspecified atom stereocenters. The van der Waals surface area contributed by atoms with E-state index in [1.165, 1.54) is 12.3 Å². The van der Waals surface area contributed by atoms with Gasteiger partial charge in [0.2, 0.25) is 0 Å². The summed E-state index contributed by atoms with van der Waals surface area (Å²) in [7, 11) is 4.01.